The van der Waals surface area contributed by atoms with Crippen LogP contribution in [0.2, 0.25) is 0 Å². The average Bonchev–Trinajstić information content (AvgIpc) is 2.79. The van der Waals surface area contributed by atoms with Gasteiger partial charge in [-0.3, -0.25) is 20.2 Å². The average molecular weight is 337 g/mol. The van der Waals surface area contributed by atoms with E-state index in [-0.39, 0.29) is 29.6 Å². The lowest BCUT2D eigenvalue weighted by atomic mass is 9.96. The van der Waals surface area contributed by atoms with Gasteiger partial charge in [-0.2, -0.15) is 0 Å². The molecule has 0 unspecified atom stereocenters. The van der Waals surface area contributed by atoms with Gasteiger partial charge >= 0.3 is 6.03 Å². The molecule has 24 heavy (non-hydrogen) atoms. The van der Waals surface area contributed by atoms with Gasteiger partial charge in [-0.25, -0.2) is 9.86 Å². The van der Waals surface area contributed by atoms with Crippen molar-refractivity contribution in [1.29, 1.82) is 5.41 Å². The zero-order valence-electron chi connectivity index (χ0n) is 13.7. The molecule has 3 fully saturated rings. The van der Waals surface area contributed by atoms with Crippen LogP contribution in [0.15, 0.2) is 0 Å². The van der Waals surface area contributed by atoms with E-state index in [2.05, 4.69) is 5.32 Å². The van der Waals surface area contributed by atoms with Crippen LogP contribution in [0.1, 0.15) is 32.6 Å². The van der Waals surface area contributed by atoms with E-state index < -0.39 is 12.1 Å². The summed E-state index contributed by atoms with van der Waals surface area (Å²) in [6.07, 6.45) is 2.59. The molecule has 2 bridgehead atoms. The molecule has 9 heteroatoms. The summed E-state index contributed by atoms with van der Waals surface area (Å²) in [7, 11) is 0. The zero-order chi connectivity index (χ0) is 17.4. The largest absolute Gasteiger partial charge is 0.344 e. The number of nitrogens with one attached hydrogen (secondary N) is 2. The summed E-state index contributed by atoms with van der Waals surface area (Å²) in [6.45, 7) is 2.89. The maximum atomic E-state index is 12.4. The third-order valence-corrected chi connectivity index (χ3v) is 5.17. The highest BCUT2D eigenvalue weighted by molar-refractivity contribution is 6.01. The zero-order valence-corrected chi connectivity index (χ0v) is 13.7. The quantitative estimate of drug-likeness (QED) is 0.373. The van der Waals surface area contributed by atoms with Crippen molar-refractivity contribution in [3.63, 3.8) is 0 Å². The number of piperidine rings is 2. The van der Waals surface area contributed by atoms with Crippen molar-refractivity contribution in [2.24, 2.45) is 5.92 Å². The topological polar surface area (TPSA) is 117 Å². The van der Waals surface area contributed by atoms with Crippen LogP contribution in [0, 0.1) is 11.3 Å². The highest BCUT2D eigenvalue weighted by Gasteiger charge is 2.46. The lowest BCUT2D eigenvalue weighted by Crippen LogP contribution is -2.53. The normalized spacial score (nSPS) is 29.7. The first-order valence-electron chi connectivity index (χ1n) is 8.32. The first kappa shape index (κ1) is 16.7. The van der Waals surface area contributed by atoms with Gasteiger partial charge in [0.05, 0.1) is 18.0 Å². The van der Waals surface area contributed by atoms with Crippen LogP contribution in [-0.4, -0.2) is 75.5 Å². The molecule has 132 valence electrons. The molecule has 0 spiro atoms. The van der Waals surface area contributed by atoms with Crippen molar-refractivity contribution < 1.29 is 19.6 Å². The Morgan fingerprint density at radius 1 is 1.25 bits per heavy atom. The minimum Gasteiger partial charge on any atom is -0.342 e. The van der Waals surface area contributed by atoms with Crippen molar-refractivity contribution in [3.05, 3.63) is 0 Å². The van der Waals surface area contributed by atoms with Crippen LogP contribution in [-0.2, 0) is 9.59 Å². The van der Waals surface area contributed by atoms with Crippen molar-refractivity contribution in [2.45, 2.75) is 44.7 Å². The Morgan fingerprint density at radius 2 is 2.00 bits per heavy atom. The Balaban J connectivity index is 1.59. The molecule has 3 aliphatic rings. The molecule has 3 heterocycles. The monoisotopic (exact) mass is 337 g/mol. The van der Waals surface area contributed by atoms with Gasteiger partial charge in [-0.05, 0) is 25.7 Å². The Morgan fingerprint density at radius 3 is 2.71 bits per heavy atom. The highest BCUT2D eigenvalue weighted by Crippen LogP contribution is 2.28. The molecule has 3 saturated heterocycles. The number of carbonyl (C=O) groups excluding carboxylic acids is 3. The van der Waals surface area contributed by atoms with Gasteiger partial charge < -0.3 is 15.1 Å². The Labute approximate surface area is 140 Å². The minimum absolute atomic E-state index is 0.0120. The second kappa shape index (κ2) is 6.39. The van der Waals surface area contributed by atoms with E-state index in [1.54, 1.807) is 4.90 Å². The van der Waals surface area contributed by atoms with E-state index in [1.165, 1.54) is 11.8 Å². The molecular formula is C15H23N5O4. The lowest BCUT2D eigenvalue weighted by Gasteiger charge is -2.33. The number of hydrogen-bond acceptors (Lipinski definition) is 5. The molecule has 0 aliphatic carbocycles. The summed E-state index contributed by atoms with van der Waals surface area (Å²) in [5, 5.41) is 21.2. The van der Waals surface area contributed by atoms with Crippen molar-refractivity contribution in [2.75, 3.05) is 19.6 Å². The van der Waals surface area contributed by atoms with Gasteiger partial charge in [0.15, 0.2) is 0 Å². The van der Waals surface area contributed by atoms with Gasteiger partial charge in [0.25, 0.3) is 0 Å². The number of carbonyl (C=O) groups is 3. The molecule has 3 rings (SSSR count). The first-order valence-corrected chi connectivity index (χ1v) is 8.32. The van der Waals surface area contributed by atoms with Crippen LogP contribution in [0.3, 0.4) is 0 Å². The number of likely N-dealkylation sites (tertiary alicyclic amines) is 1. The molecule has 0 radical (unpaired) electrons. The molecule has 0 aromatic carbocycles. The summed E-state index contributed by atoms with van der Waals surface area (Å²) >= 11 is 0. The molecule has 3 N–H and O–H groups in total. The third kappa shape index (κ3) is 2.95. The number of hydroxylamine groups is 2. The van der Waals surface area contributed by atoms with Gasteiger partial charge in [-0.15, -0.1) is 0 Å². The van der Waals surface area contributed by atoms with Gasteiger partial charge in [0.1, 0.15) is 5.84 Å². The molecule has 3 aliphatic heterocycles. The van der Waals surface area contributed by atoms with Crippen LogP contribution in [0.25, 0.3) is 0 Å². The van der Waals surface area contributed by atoms with Crippen LogP contribution < -0.4 is 5.32 Å². The Bertz CT molecular complexity index is 580. The maximum Gasteiger partial charge on any atom is 0.344 e. The predicted molar refractivity (Wildman–Crippen MR) is 83.4 cm³/mol. The summed E-state index contributed by atoms with van der Waals surface area (Å²) in [5.74, 6) is -0.669. The van der Waals surface area contributed by atoms with Gasteiger partial charge in [-0.1, -0.05) is 0 Å². The van der Waals surface area contributed by atoms with Crippen LogP contribution in [0.4, 0.5) is 4.79 Å². The molecule has 0 aromatic rings. The number of fused-ring (bicyclic) bond motifs is 2. The number of amidine groups is 1. The Kier molecular flexibility index (Phi) is 4.44. The fourth-order valence-corrected chi connectivity index (χ4v) is 3.75. The second-order valence-corrected chi connectivity index (χ2v) is 6.73. The number of rotatable bonds is 2. The molecule has 3 atom stereocenters. The summed E-state index contributed by atoms with van der Waals surface area (Å²) in [6, 6.07) is -1.25. The standard InChI is InChI=1S/C15H23N5O4/c1-9(21)18-6-2-3-10(7-18)14(22)17-13(16)12-5-4-11-8-19(12)15(23)20(11)24/h10-12,24H,2-8H2,1H3,(H2,16,17,22)/t10-,11-,12+/m1/s1. The van der Waals surface area contributed by atoms with E-state index in [0.29, 0.717) is 38.9 Å². The molecule has 0 aromatic heterocycles. The lowest BCUT2D eigenvalue weighted by molar-refractivity contribution is -0.133. The number of amides is 4. The van der Waals surface area contributed by atoms with Crippen LogP contribution in [0.5, 0.6) is 0 Å². The first-order chi connectivity index (χ1) is 11.4. The molecule has 4 amide bonds. The van der Waals surface area contributed by atoms with Crippen molar-refractivity contribution >= 4 is 23.7 Å². The summed E-state index contributed by atoms with van der Waals surface area (Å²) in [4.78, 5) is 38.9. The molecule has 0 saturated carbocycles. The minimum atomic E-state index is -0.512. The number of hydrogen-bond donors (Lipinski definition) is 3. The number of urea groups is 1. The fourth-order valence-electron chi connectivity index (χ4n) is 3.75. The fraction of sp³-hybridized carbons (Fsp3) is 0.733. The molecule has 9 nitrogen and oxygen atoms in total. The van der Waals surface area contributed by atoms with Crippen molar-refractivity contribution in [1.82, 2.24) is 20.2 Å². The van der Waals surface area contributed by atoms with Gasteiger partial charge in [0, 0.05) is 26.6 Å². The highest BCUT2D eigenvalue weighted by atomic mass is 16.5. The van der Waals surface area contributed by atoms with E-state index in [4.69, 9.17) is 5.41 Å². The van der Waals surface area contributed by atoms with E-state index >= 15 is 0 Å². The van der Waals surface area contributed by atoms with E-state index in [9.17, 15) is 19.6 Å². The van der Waals surface area contributed by atoms with Crippen molar-refractivity contribution in [3.8, 4) is 0 Å². The predicted octanol–water partition coefficient (Wildman–Crippen LogP) is -0.00383. The molecular weight excluding hydrogens is 314 g/mol. The smallest absolute Gasteiger partial charge is 0.342 e. The maximum absolute atomic E-state index is 12.4. The second-order valence-electron chi connectivity index (χ2n) is 6.73. The van der Waals surface area contributed by atoms with Gasteiger partial charge in [0.2, 0.25) is 11.8 Å². The van der Waals surface area contributed by atoms with E-state index in [1.807, 2.05) is 0 Å². The SMILES string of the molecule is CC(=O)N1CCC[C@@H](C(=O)NC(=N)[C@@H]2CC[C@@H]3CN2C(=O)N3O)C1. The van der Waals surface area contributed by atoms with E-state index in [0.717, 1.165) is 11.5 Å². The number of nitrogens with zero attached hydrogens (tertiary/aromatic N) is 3. The summed E-state index contributed by atoms with van der Waals surface area (Å²) in [5.41, 5.74) is 0. The Hall–Kier alpha value is -2.16. The third-order valence-electron chi connectivity index (χ3n) is 5.17. The van der Waals surface area contributed by atoms with Crippen LogP contribution >= 0.6 is 0 Å². The summed E-state index contributed by atoms with van der Waals surface area (Å²) < 4.78 is 0.